The third-order valence-electron chi connectivity index (χ3n) is 4.43. The van der Waals surface area contributed by atoms with Crippen LogP contribution in [0, 0.1) is 0 Å². The number of unbranched alkanes of at least 4 members (excludes halogenated alkanes) is 1. The molecule has 0 aromatic heterocycles. The Labute approximate surface area is 162 Å². The summed E-state index contributed by atoms with van der Waals surface area (Å²) in [5.41, 5.74) is 1.22. The van der Waals surface area contributed by atoms with E-state index in [0.29, 0.717) is 45.2 Å². The molecule has 0 bridgehead atoms. The summed E-state index contributed by atoms with van der Waals surface area (Å²) >= 11 is 0. The Hall–Kier alpha value is -1.70. The lowest BCUT2D eigenvalue weighted by atomic mass is 10.1. The van der Waals surface area contributed by atoms with Gasteiger partial charge < -0.3 is 10.2 Å². The number of aromatic carboxylic acids is 1. The maximum absolute atomic E-state index is 12.0. The minimum Gasteiger partial charge on any atom is -0.478 e. The third kappa shape index (κ3) is 9.70. The van der Waals surface area contributed by atoms with E-state index in [1.807, 2.05) is 6.08 Å². The Morgan fingerprint density at radius 3 is 2.30 bits per heavy atom. The van der Waals surface area contributed by atoms with E-state index in [0.717, 1.165) is 18.4 Å². The van der Waals surface area contributed by atoms with E-state index in [4.69, 9.17) is 5.11 Å². The molecule has 1 atom stereocenters. The summed E-state index contributed by atoms with van der Waals surface area (Å²) in [5.74, 6) is -0.962. The average molecular weight is 398 g/mol. The van der Waals surface area contributed by atoms with Gasteiger partial charge in [0.1, 0.15) is 0 Å². The fourth-order valence-electron chi connectivity index (χ4n) is 2.86. The second-order valence-corrected chi connectivity index (χ2v) is 8.77. The molecule has 1 rings (SSSR count). The van der Waals surface area contributed by atoms with Crippen molar-refractivity contribution in [3.63, 3.8) is 0 Å². The number of carbonyl (C=O) groups is 1. The van der Waals surface area contributed by atoms with Gasteiger partial charge in [-0.2, -0.15) is 0 Å². The molecule has 0 amide bonds. The van der Waals surface area contributed by atoms with Gasteiger partial charge >= 0.3 is 5.97 Å². The van der Waals surface area contributed by atoms with Crippen LogP contribution in [0.25, 0.3) is 0 Å². The second kappa shape index (κ2) is 11.9. The largest absolute Gasteiger partial charge is 0.478 e. The van der Waals surface area contributed by atoms with Crippen molar-refractivity contribution in [1.82, 2.24) is 4.31 Å². The molecule has 0 fully saturated rings. The van der Waals surface area contributed by atoms with Crippen molar-refractivity contribution < 1.29 is 23.4 Å². The third-order valence-corrected chi connectivity index (χ3v) is 5.74. The van der Waals surface area contributed by atoms with Crippen molar-refractivity contribution in [3.05, 3.63) is 48.0 Å². The maximum atomic E-state index is 12.0. The molecular weight excluding hydrogens is 366 g/mol. The van der Waals surface area contributed by atoms with Gasteiger partial charge in [0.05, 0.1) is 17.9 Å². The standard InChI is InChI=1S/C20H31NO5S/c1-3-4-5-9-19(22)10-7-16-21(27(2,25)26)15-6-8-17-11-13-18(14-12-17)20(23)24/h3,11-14,19,22H,1,4-10,15-16H2,2H3,(H,23,24). The highest BCUT2D eigenvalue weighted by Crippen LogP contribution is 2.12. The van der Waals surface area contributed by atoms with Crippen LogP contribution in [0.3, 0.4) is 0 Å². The van der Waals surface area contributed by atoms with Crippen LogP contribution in [-0.4, -0.2) is 54.4 Å². The van der Waals surface area contributed by atoms with Crippen LogP contribution in [0.5, 0.6) is 0 Å². The summed E-state index contributed by atoms with van der Waals surface area (Å²) in [6.45, 7) is 4.46. The molecule has 152 valence electrons. The van der Waals surface area contributed by atoms with Crippen LogP contribution in [0.1, 0.15) is 54.4 Å². The second-order valence-electron chi connectivity index (χ2n) is 6.78. The van der Waals surface area contributed by atoms with Crippen molar-refractivity contribution >= 4 is 16.0 Å². The molecule has 0 radical (unpaired) electrons. The van der Waals surface area contributed by atoms with Gasteiger partial charge in [0.25, 0.3) is 0 Å². The molecule has 2 N–H and O–H groups in total. The number of carboxylic acid groups (broad SMARTS) is 1. The SMILES string of the molecule is C=CCCCC(O)CCCN(CCCc1ccc(C(=O)O)cc1)S(C)(=O)=O. The zero-order valence-corrected chi connectivity index (χ0v) is 16.8. The van der Waals surface area contributed by atoms with Crippen LogP contribution in [-0.2, 0) is 16.4 Å². The van der Waals surface area contributed by atoms with E-state index >= 15 is 0 Å². The van der Waals surface area contributed by atoms with Crippen molar-refractivity contribution in [2.75, 3.05) is 19.3 Å². The average Bonchev–Trinajstić information content (AvgIpc) is 2.60. The molecule has 6 nitrogen and oxygen atoms in total. The molecule has 1 aromatic rings. The summed E-state index contributed by atoms with van der Waals surface area (Å²) in [4.78, 5) is 10.9. The summed E-state index contributed by atoms with van der Waals surface area (Å²) in [5, 5.41) is 18.8. The highest BCUT2D eigenvalue weighted by atomic mass is 32.2. The van der Waals surface area contributed by atoms with Gasteiger partial charge in [0, 0.05) is 13.1 Å². The maximum Gasteiger partial charge on any atom is 0.335 e. The summed E-state index contributed by atoms with van der Waals surface area (Å²) in [6.07, 6.45) is 7.63. The zero-order valence-electron chi connectivity index (χ0n) is 16.0. The van der Waals surface area contributed by atoms with Crippen LogP contribution >= 0.6 is 0 Å². The predicted octanol–water partition coefficient (Wildman–Crippen LogP) is 3.08. The molecule has 7 heteroatoms. The number of rotatable bonds is 14. The monoisotopic (exact) mass is 397 g/mol. The van der Waals surface area contributed by atoms with Gasteiger partial charge in [-0.25, -0.2) is 17.5 Å². The van der Waals surface area contributed by atoms with Gasteiger partial charge in [-0.15, -0.1) is 6.58 Å². The quantitative estimate of drug-likeness (QED) is 0.372. The van der Waals surface area contributed by atoms with E-state index in [1.165, 1.54) is 10.6 Å². The van der Waals surface area contributed by atoms with Crippen molar-refractivity contribution in [2.45, 2.75) is 51.0 Å². The lowest BCUT2D eigenvalue weighted by molar-refractivity contribution is 0.0697. The Bertz CT molecular complexity index is 685. The topological polar surface area (TPSA) is 94.9 Å². The minimum atomic E-state index is -3.30. The molecule has 27 heavy (non-hydrogen) atoms. The van der Waals surface area contributed by atoms with Crippen LogP contribution in [0.4, 0.5) is 0 Å². The van der Waals surface area contributed by atoms with E-state index in [1.54, 1.807) is 24.3 Å². The number of aryl methyl sites for hydroxylation is 1. The Kier molecular flexibility index (Phi) is 10.3. The molecule has 1 unspecified atom stereocenters. The van der Waals surface area contributed by atoms with Gasteiger partial charge in [-0.1, -0.05) is 18.2 Å². The molecule has 0 heterocycles. The number of allylic oxidation sites excluding steroid dienone is 1. The molecule has 0 aliphatic heterocycles. The van der Waals surface area contributed by atoms with Gasteiger partial charge in [-0.05, 0) is 62.6 Å². The molecule has 1 aromatic carbocycles. The smallest absolute Gasteiger partial charge is 0.335 e. The number of benzene rings is 1. The molecule has 0 saturated heterocycles. The number of aliphatic hydroxyl groups is 1. The predicted molar refractivity (Wildman–Crippen MR) is 107 cm³/mol. The number of aliphatic hydroxyl groups excluding tert-OH is 1. The van der Waals surface area contributed by atoms with Gasteiger partial charge in [0.15, 0.2) is 0 Å². The molecule has 0 aliphatic carbocycles. The highest BCUT2D eigenvalue weighted by Gasteiger charge is 2.16. The first-order valence-corrected chi connectivity index (χ1v) is 11.1. The molecule has 0 spiro atoms. The number of sulfonamides is 1. The number of nitrogens with zero attached hydrogens (tertiary/aromatic N) is 1. The van der Waals surface area contributed by atoms with Crippen LogP contribution in [0.2, 0.25) is 0 Å². The summed E-state index contributed by atoms with van der Waals surface area (Å²) in [7, 11) is -3.30. The first-order chi connectivity index (χ1) is 12.7. The summed E-state index contributed by atoms with van der Waals surface area (Å²) < 4.78 is 25.4. The first-order valence-electron chi connectivity index (χ1n) is 9.30. The molecule has 0 saturated carbocycles. The first kappa shape index (κ1) is 23.3. The molecule has 0 aliphatic rings. The minimum absolute atomic E-state index is 0.239. The van der Waals surface area contributed by atoms with E-state index in [2.05, 4.69) is 6.58 Å². The lowest BCUT2D eigenvalue weighted by Gasteiger charge is -2.20. The van der Waals surface area contributed by atoms with Crippen molar-refractivity contribution in [2.24, 2.45) is 0 Å². The van der Waals surface area contributed by atoms with Crippen molar-refractivity contribution in [3.8, 4) is 0 Å². The highest BCUT2D eigenvalue weighted by molar-refractivity contribution is 7.88. The normalized spacial score (nSPS) is 12.9. The van der Waals surface area contributed by atoms with Crippen LogP contribution in [0.15, 0.2) is 36.9 Å². The fourth-order valence-corrected chi connectivity index (χ4v) is 3.78. The van der Waals surface area contributed by atoms with E-state index in [-0.39, 0.29) is 5.56 Å². The number of hydrogen-bond donors (Lipinski definition) is 2. The van der Waals surface area contributed by atoms with Gasteiger partial charge in [0.2, 0.25) is 10.0 Å². The number of hydrogen-bond acceptors (Lipinski definition) is 4. The fraction of sp³-hybridized carbons (Fsp3) is 0.550. The van der Waals surface area contributed by atoms with E-state index in [9.17, 15) is 18.3 Å². The Morgan fingerprint density at radius 2 is 1.74 bits per heavy atom. The molecular formula is C20H31NO5S. The van der Waals surface area contributed by atoms with Crippen molar-refractivity contribution in [1.29, 1.82) is 0 Å². The van der Waals surface area contributed by atoms with E-state index < -0.39 is 22.1 Å². The van der Waals surface area contributed by atoms with Gasteiger partial charge in [-0.3, -0.25) is 0 Å². The lowest BCUT2D eigenvalue weighted by Crippen LogP contribution is -2.32. The summed E-state index contributed by atoms with van der Waals surface area (Å²) in [6, 6.07) is 6.63. The zero-order chi connectivity index (χ0) is 20.3. The number of carboxylic acids is 1. The van der Waals surface area contributed by atoms with Crippen LogP contribution < -0.4 is 0 Å². The Balaban J connectivity index is 2.42. The Morgan fingerprint density at radius 1 is 1.15 bits per heavy atom.